The average molecular weight is 333 g/mol. The number of carbonyl (C=O) groups is 1. The predicted octanol–water partition coefficient (Wildman–Crippen LogP) is 2.41. The van der Waals surface area contributed by atoms with Gasteiger partial charge in [-0.1, -0.05) is 29.8 Å². The molecule has 0 aliphatic rings. The van der Waals surface area contributed by atoms with Crippen LogP contribution in [-0.4, -0.2) is 19.1 Å². The third-order valence-electron chi connectivity index (χ3n) is 2.21. The lowest BCUT2D eigenvalue weighted by molar-refractivity contribution is -0.123. The summed E-state index contributed by atoms with van der Waals surface area (Å²) < 4.78 is 7.70. The molecule has 0 aliphatic carbocycles. The zero-order chi connectivity index (χ0) is 11.8. The van der Waals surface area contributed by atoms with Crippen LogP contribution in [0, 0.1) is 6.92 Å². The second kappa shape index (κ2) is 7.62. The van der Waals surface area contributed by atoms with Crippen molar-refractivity contribution in [2.75, 3.05) is 13.2 Å². The summed E-state index contributed by atoms with van der Waals surface area (Å²) in [6.07, 6.45) is 1.93. The van der Waals surface area contributed by atoms with Crippen LogP contribution in [0.25, 0.3) is 0 Å². The molecule has 0 unspecified atom stereocenters. The summed E-state index contributed by atoms with van der Waals surface area (Å²) in [5.74, 6) is -0.0871. The highest BCUT2D eigenvalue weighted by Gasteiger charge is 1.98. The lowest BCUT2D eigenvalue weighted by atomic mass is 10.1. The van der Waals surface area contributed by atoms with Gasteiger partial charge in [0.05, 0.1) is 22.9 Å². The van der Waals surface area contributed by atoms with Crippen LogP contribution in [0.2, 0.25) is 0 Å². The maximum absolute atomic E-state index is 10.8. The van der Waals surface area contributed by atoms with Gasteiger partial charge in [-0.25, -0.2) is 0 Å². The van der Waals surface area contributed by atoms with Gasteiger partial charge in [0.25, 0.3) is 5.91 Å². The molecule has 1 aromatic rings. The van der Waals surface area contributed by atoms with Gasteiger partial charge in [0.2, 0.25) is 0 Å². The second-order valence-electron chi connectivity index (χ2n) is 3.66. The van der Waals surface area contributed by atoms with Gasteiger partial charge in [0.1, 0.15) is 6.61 Å². The molecule has 3 nitrogen and oxygen atoms in total. The van der Waals surface area contributed by atoms with E-state index in [0.717, 1.165) is 12.8 Å². The van der Waals surface area contributed by atoms with Gasteiger partial charge < -0.3 is 4.74 Å². The summed E-state index contributed by atoms with van der Waals surface area (Å²) in [6, 6.07) is 8.49. The van der Waals surface area contributed by atoms with E-state index in [0.29, 0.717) is 6.61 Å². The van der Waals surface area contributed by atoms with Crippen molar-refractivity contribution in [2.45, 2.75) is 19.8 Å². The van der Waals surface area contributed by atoms with E-state index >= 15 is 0 Å². The Morgan fingerprint density at radius 3 is 2.69 bits per heavy atom. The molecule has 4 heteroatoms. The molecule has 0 radical (unpaired) electrons. The summed E-state index contributed by atoms with van der Waals surface area (Å²) in [4.78, 5) is 10.8. The normalized spacial score (nSPS) is 10.1. The fourth-order valence-corrected chi connectivity index (χ4v) is 1.48. The predicted molar refractivity (Wildman–Crippen MR) is 72.5 cm³/mol. The zero-order valence-corrected chi connectivity index (χ0v) is 11.5. The smallest absolute Gasteiger partial charge is 0.254 e. The van der Waals surface area contributed by atoms with Crippen molar-refractivity contribution in [3.8, 4) is 0 Å². The molecule has 0 aliphatic heterocycles. The van der Waals surface area contributed by atoms with Gasteiger partial charge >= 0.3 is 0 Å². The van der Waals surface area contributed by atoms with E-state index in [1.54, 1.807) is 0 Å². The van der Waals surface area contributed by atoms with Crippen LogP contribution >= 0.6 is 22.9 Å². The van der Waals surface area contributed by atoms with Crippen LogP contribution in [0.3, 0.4) is 0 Å². The summed E-state index contributed by atoms with van der Waals surface area (Å²) in [5, 5.41) is 0. The molecule has 0 saturated heterocycles. The van der Waals surface area contributed by atoms with Crippen molar-refractivity contribution in [2.24, 2.45) is 0 Å². The average Bonchev–Trinajstić information content (AvgIpc) is 2.31. The van der Waals surface area contributed by atoms with Crippen LogP contribution in [0.15, 0.2) is 24.3 Å². The minimum atomic E-state index is -0.0871. The molecular weight excluding hydrogens is 317 g/mol. The molecule has 0 bridgehead atoms. The van der Waals surface area contributed by atoms with Gasteiger partial charge in [-0.15, -0.1) is 0 Å². The molecule has 0 atom stereocenters. The van der Waals surface area contributed by atoms with Crippen LogP contribution in [-0.2, 0) is 16.0 Å². The number of halogens is 1. The van der Waals surface area contributed by atoms with Crippen molar-refractivity contribution in [3.05, 3.63) is 35.4 Å². The van der Waals surface area contributed by atoms with E-state index in [9.17, 15) is 4.79 Å². The quantitative estimate of drug-likeness (QED) is 0.493. The number of aryl methyl sites for hydroxylation is 2. The Bertz CT molecular complexity index is 324. The maximum atomic E-state index is 10.8. The van der Waals surface area contributed by atoms with Crippen LogP contribution < -0.4 is 3.53 Å². The van der Waals surface area contributed by atoms with Crippen molar-refractivity contribution < 1.29 is 9.53 Å². The first-order chi connectivity index (χ1) is 7.72. The molecular formula is C12H16INO2. The number of amides is 1. The van der Waals surface area contributed by atoms with Gasteiger partial charge in [-0.2, -0.15) is 0 Å². The number of hydrogen-bond donors (Lipinski definition) is 1. The number of hydrogen-bond acceptors (Lipinski definition) is 2. The molecule has 0 fully saturated rings. The van der Waals surface area contributed by atoms with Crippen molar-refractivity contribution >= 4 is 28.8 Å². The SMILES string of the molecule is Cc1ccc(CCCOCC(=O)NI)cc1. The maximum Gasteiger partial charge on any atom is 0.254 e. The first kappa shape index (κ1) is 13.4. The highest BCUT2D eigenvalue weighted by Crippen LogP contribution is 2.05. The molecule has 0 heterocycles. The first-order valence-electron chi connectivity index (χ1n) is 5.25. The van der Waals surface area contributed by atoms with Crippen molar-refractivity contribution in [1.82, 2.24) is 3.53 Å². The van der Waals surface area contributed by atoms with E-state index in [1.807, 2.05) is 22.9 Å². The lowest BCUT2D eigenvalue weighted by Crippen LogP contribution is -2.18. The third kappa shape index (κ3) is 5.46. The number of ether oxygens (including phenoxy) is 1. The molecule has 0 saturated carbocycles. The van der Waals surface area contributed by atoms with Crippen LogP contribution in [0.4, 0.5) is 0 Å². The van der Waals surface area contributed by atoms with E-state index in [4.69, 9.17) is 4.74 Å². The van der Waals surface area contributed by atoms with Crippen LogP contribution in [0.5, 0.6) is 0 Å². The van der Waals surface area contributed by atoms with Gasteiger partial charge in [-0.05, 0) is 25.3 Å². The standard InChI is InChI=1S/C12H16INO2/c1-10-4-6-11(7-5-10)3-2-8-16-9-12(15)14-13/h4-7H,2-3,8-9H2,1H3,(H,14,15). The van der Waals surface area contributed by atoms with Crippen LogP contribution in [0.1, 0.15) is 17.5 Å². The Morgan fingerprint density at radius 2 is 2.06 bits per heavy atom. The number of nitrogens with one attached hydrogen (secondary N) is 1. The Labute approximate surface area is 110 Å². The van der Waals surface area contributed by atoms with Crippen molar-refractivity contribution in [1.29, 1.82) is 0 Å². The summed E-state index contributed by atoms with van der Waals surface area (Å²) in [5.41, 5.74) is 2.59. The number of benzene rings is 1. The first-order valence-corrected chi connectivity index (χ1v) is 6.33. The number of rotatable bonds is 6. The van der Waals surface area contributed by atoms with E-state index in [-0.39, 0.29) is 12.5 Å². The number of carbonyl (C=O) groups excluding carboxylic acids is 1. The fraction of sp³-hybridized carbons (Fsp3) is 0.417. The molecule has 1 N–H and O–H groups in total. The third-order valence-corrected chi connectivity index (χ3v) is 2.81. The topological polar surface area (TPSA) is 38.3 Å². The van der Waals surface area contributed by atoms with E-state index < -0.39 is 0 Å². The highest BCUT2D eigenvalue weighted by atomic mass is 127. The summed E-state index contributed by atoms with van der Waals surface area (Å²) in [7, 11) is 0. The molecule has 0 aromatic heterocycles. The largest absolute Gasteiger partial charge is 0.372 e. The Kier molecular flexibility index (Phi) is 6.40. The molecule has 88 valence electrons. The molecule has 1 rings (SSSR count). The molecule has 0 spiro atoms. The second-order valence-corrected chi connectivity index (χ2v) is 4.20. The van der Waals surface area contributed by atoms with Gasteiger partial charge in [-0.3, -0.25) is 8.32 Å². The van der Waals surface area contributed by atoms with Gasteiger partial charge in [0, 0.05) is 6.61 Å². The lowest BCUT2D eigenvalue weighted by Gasteiger charge is -2.03. The van der Waals surface area contributed by atoms with Crippen molar-refractivity contribution in [3.63, 3.8) is 0 Å². The zero-order valence-electron chi connectivity index (χ0n) is 9.33. The molecule has 1 amide bonds. The monoisotopic (exact) mass is 333 g/mol. The minimum Gasteiger partial charge on any atom is -0.372 e. The molecule has 16 heavy (non-hydrogen) atoms. The minimum absolute atomic E-state index is 0.0871. The van der Waals surface area contributed by atoms with E-state index in [1.165, 1.54) is 11.1 Å². The van der Waals surface area contributed by atoms with E-state index in [2.05, 4.69) is 34.7 Å². The Balaban J connectivity index is 2.11. The molecule has 1 aromatic carbocycles. The Hall–Kier alpha value is -0.620. The summed E-state index contributed by atoms with van der Waals surface area (Å²) in [6.45, 7) is 2.85. The Morgan fingerprint density at radius 1 is 1.38 bits per heavy atom. The fourth-order valence-electron chi connectivity index (χ4n) is 1.33. The summed E-state index contributed by atoms with van der Waals surface area (Å²) >= 11 is 1.81. The highest BCUT2D eigenvalue weighted by molar-refractivity contribution is 14.1. The van der Waals surface area contributed by atoms with Gasteiger partial charge in [0.15, 0.2) is 0 Å².